The van der Waals surface area contributed by atoms with E-state index in [4.69, 9.17) is 5.26 Å². The lowest BCUT2D eigenvalue weighted by Gasteiger charge is -2.22. The predicted molar refractivity (Wildman–Crippen MR) is 96.6 cm³/mol. The first-order valence-electron chi connectivity index (χ1n) is 7.34. The van der Waals surface area contributed by atoms with E-state index >= 15 is 0 Å². The van der Waals surface area contributed by atoms with Crippen molar-refractivity contribution in [2.24, 2.45) is 0 Å². The Bertz CT molecular complexity index is 782. The van der Waals surface area contributed by atoms with E-state index in [2.05, 4.69) is 21.2 Å². The standard InChI is InChI=1S/C18H16BrN3O2/c1-13(23)22(17-5-3-2-4-16(17)19)11-10-18(24)21-15-8-6-14(12-20)7-9-15/h2-9H,10-11H2,1H3,(H,21,24). The Labute approximate surface area is 149 Å². The maximum Gasteiger partial charge on any atom is 0.226 e. The quantitative estimate of drug-likeness (QED) is 0.852. The highest BCUT2D eigenvalue weighted by atomic mass is 79.9. The van der Waals surface area contributed by atoms with Crippen molar-refractivity contribution in [3.63, 3.8) is 0 Å². The van der Waals surface area contributed by atoms with E-state index in [0.29, 0.717) is 11.3 Å². The van der Waals surface area contributed by atoms with Gasteiger partial charge in [-0.25, -0.2) is 0 Å². The molecule has 0 unspecified atom stereocenters. The van der Waals surface area contributed by atoms with Gasteiger partial charge in [-0.3, -0.25) is 9.59 Å². The molecule has 0 radical (unpaired) electrons. The average molecular weight is 386 g/mol. The Morgan fingerprint density at radius 1 is 1.17 bits per heavy atom. The van der Waals surface area contributed by atoms with Crippen LogP contribution in [0, 0.1) is 11.3 Å². The van der Waals surface area contributed by atoms with Crippen LogP contribution in [-0.2, 0) is 9.59 Å². The normalized spacial score (nSPS) is 9.88. The summed E-state index contributed by atoms with van der Waals surface area (Å²) in [4.78, 5) is 25.5. The first-order valence-corrected chi connectivity index (χ1v) is 8.13. The molecule has 2 aromatic rings. The fourth-order valence-electron chi connectivity index (χ4n) is 2.18. The zero-order chi connectivity index (χ0) is 17.5. The molecule has 0 saturated heterocycles. The van der Waals surface area contributed by atoms with Gasteiger partial charge in [-0.2, -0.15) is 5.26 Å². The van der Waals surface area contributed by atoms with Gasteiger partial charge < -0.3 is 10.2 Å². The maximum atomic E-state index is 12.1. The lowest BCUT2D eigenvalue weighted by atomic mass is 10.2. The summed E-state index contributed by atoms with van der Waals surface area (Å²) in [5.41, 5.74) is 1.88. The van der Waals surface area contributed by atoms with Gasteiger partial charge in [0, 0.05) is 30.0 Å². The molecule has 2 amide bonds. The molecule has 2 rings (SSSR count). The highest BCUT2D eigenvalue weighted by Crippen LogP contribution is 2.26. The maximum absolute atomic E-state index is 12.1. The Morgan fingerprint density at radius 3 is 2.42 bits per heavy atom. The molecule has 0 aromatic heterocycles. The van der Waals surface area contributed by atoms with Gasteiger partial charge >= 0.3 is 0 Å². The minimum absolute atomic E-state index is 0.131. The molecule has 5 nitrogen and oxygen atoms in total. The van der Waals surface area contributed by atoms with Crippen LogP contribution in [0.15, 0.2) is 53.0 Å². The molecule has 0 aliphatic rings. The van der Waals surface area contributed by atoms with Crippen molar-refractivity contribution in [3.05, 3.63) is 58.6 Å². The van der Waals surface area contributed by atoms with E-state index in [1.54, 1.807) is 29.2 Å². The molecule has 0 bridgehead atoms. The summed E-state index contributed by atoms with van der Waals surface area (Å²) in [6.45, 7) is 1.75. The molecule has 0 atom stereocenters. The van der Waals surface area contributed by atoms with Gasteiger partial charge in [0.25, 0.3) is 0 Å². The summed E-state index contributed by atoms with van der Waals surface area (Å²) >= 11 is 3.42. The fourth-order valence-corrected chi connectivity index (χ4v) is 2.68. The number of nitriles is 1. The van der Waals surface area contributed by atoms with Gasteiger partial charge in [-0.1, -0.05) is 12.1 Å². The molecule has 122 valence electrons. The second-order valence-corrected chi connectivity index (χ2v) is 5.96. The van der Waals surface area contributed by atoms with Gasteiger partial charge in [0.05, 0.1) is 17.3 Å². The van der Waals surface area contributed by atoms with Crippen LogP contribution in [0.3, 0.4) is 0 Å². The summed E-state index contributed by atoms with van der Waals surface area (Å²) < 4.78 is 0.799. The lowest BCUT2D eigenvalue weighted by molar-refractivity contribution is -0.117. The molecule has 6 heteroatoms. The van der Waals surface area contributed by atoms with Crippen LogP contribution in [0.5, 0.6) is 0 Å². The van der Waals surface area contributed by atoms with Crippen molar-refractivity contribution >= 4 is 39.1 Å². The highest BCUT2D eigenvalue weighted by Gasteiger charge is 2.15. The van der Waals surface area contributed by atoms with Crippen molar-refractivity contribution in [1.29, 1.82) is 5.26 Å². The van der Waals surface area contributed by atoms with E-state index in [-0.39, 0.29) is 24.8 Å². The number of benzene rings is 2. The summed E-state index contributed by atoms with van der Waals surface area (Å²) in [6.07, 6.45) is 0.168. The number of hydrogen-bond donors (Lipinski definition) is 1. The number of rotatable bonds is 5. The van der Waals surface area contributed by atoms with Crippen molar-refractivity contribution < 1.29 is 9.59 Å². The zero-order valence-corrected chi connectivity index (χ0v) is 14.7. The summed E-state index contributed by atoms with van der Waals surface area (Å²) in [5.74, 6) is -0.328. The van der Waals surface area contributed by atoms with Crippen molar-refractivity contribution in [1.82, 2.24) is 0 Å². The number of anilines is 2. The minimum Gasteiger partial charge on any atom is -0.326 e. The van der Waals surface area contributed by atoms with E-state index in [1.165, 1.54) is 6.92 Å². The monoisotopic (exact) mass is 385 g/mol. The number of amides is 2. The largest absolute Gasteiger partial charge is 0.326 e. The summed E-state index contributed by atoms with van der Waals surface area (Å²) in [6, 6.07) is 16.0. The second-order valence-electron chi connectivity index (χ2n) is 5.11. The third kappa shape index (κ3) is 4.67. The molecule has 0 aliphatic carbocycles. The number of carbonyl (C=O) groups is 2. The Balaban J connectivity index is 1.99. The number of nitrogens with zero attached hydrogens (tertiary/aromatic N) is 2. The van der Waals surface area contributed by atoms with Crippen LogP contribution in [0.25, 0.3) is 0 Å². The number of carbonyl (C=O) groups excluding carboxylic acids is 2. The molecule has 2 aromatic carbocycles. The van der Waals surface area contributed by atoms with Gasteiger partial charge in [-0.05, 0) is 52.3 Å². The van der Waals surface area contributed by atoms with Crippen LogP contribution < -0.4 is 10.2 Å². The molecule has 0 saturated carbocycles. The van der Waals surface area contributed by atoms with E-state index < -0.39 is 0 Å². The molecule has 0 fully saturated rings. The van der Waals surface area contributed by atoms with E-state index in [1.807, 2.05) is 30.3 Å². The lowest BCUT2D eigenvalue weighted by Crippen LogP contribution is -2.32. The zero-order valence-electron chi connectivity index (χ0n) is 13.1. The van der Waals surface area contributed by atoms with Crippen LogP contribution in [0.2, 0.25) is 0 Å². The van der Waals surface area contributed by atoms with Gasteiger partial charge in [0.15, 0.2) is 0 Å². The highest BCUT2D eigenvalue weighted by molar-refractivity contribution is 9.10. The van der Waals surface area contributed by atoms with Gasteiger partial charge in [0.1, 0.15) is 0 Å². The fraction of sp³-hybridized carbons (Fsp3) is 0.167. The topological polar surface area (TPSA) is 73.2 Å². The van der Waals surface area contributed by atoms with Crippen molar-refractivity contribution in [2.75, 3.05) is 16.8 Å². The smallest absolute Gasteiger partial charge is 0.226 e. The van der Waals surface area contributed by atoms with Crippen LogP contribution in [0.4, 0.5) is 11.4 Å². The molecule has 1 N–H and O–H groups in total. The SMILES string of the molecule is CC(=O)N(CCC(=O)Nc1ccc(C#N)cc1)c1ccccc1Br. The van der Waals surface area contributed by atoms with Crippen molar-refractivity contribution in [2.45, 2.75) is 13.3 Å². The van der Waals surface area contributed by atoms with Crippen LogP contribution in [0.1, 0.15) is 18.9 Å². The van der Waals surface area contributed by atoms with Crippen LogP contribution in [-0.4, -0.2) is 18.4 Å². The number of halogens is 1. The number of nitrogens with one attached hydrogen (secondary N) is 1. The predicted octanol–water partition coefficient (Wildman–Crippen LogP) is 3.70. The summed E-state index contributed by atoms with van der Waals surface area (Å²) in [5, 5.41) is 11.5. The molecular weight excluding hydrogens is 370 g/mol. The Kier molecular flexibility index (Phi) is 6.10. The Hall–Kier alpha value is -2.65. The molecule has 24 heavy (non-hydrogen) atoms. The van der Waals surface area contributed by atoms with Gasteiger partial charge in [0.2, 0.25) is 11.8 Å². The molecule has 0 aliphatic heterocycles. The molecule has 0 heterocycles. The van der Waals surface area contributed by atoms with E-state index in [9.17, 15) is 9.59 Å². The second kappa shape index (κ2) is 8.27. The third-order valence-electron chi connectivity index (χ3n) is 3.38. The van der Waals surface area contributed by atoms with Crippen molar-refractivity contribution in [3.8, 4) is 6.07 Å². The number of hydrogen-bond acceptors (Lipinski definition) is 3. The third-order valence-corrected chi connectivity index (χ3v) is 4.05. The van der Waals surface area contributed by atoms with Gasteiger partial charge in [-0.15, -0.1) is 0 Å². The average Bonchev–Trinajstić information content (AvgIpc) is 2.57. The first kappa shape index (κ1) is 17.7. The van der Waals surface area contributed by atoms with E-state index in [0.717, 1.165) is 10.2 Å². The summed E-state index contributed by atoms with van der Waals surface area (Å²) in [7, 11) is 0. The number of para-hydroxylation sites is 1. The molecular formula is C18H16BrN3O2. The van der Waals surface area contributed by atoms with Crippen LogP contribution >= 0.6 is 15.9 Å². The Morgan fingerprint density at radius 2 is 1.83 bits per heavy atom. The minimum atomic E-state index is -0.196. The first-order chi connectivity index (χ1) is 11.5. The molecule has 0 spiro atoms.